The van der Waals surface area contributed by atoms with Gasteiger partial charge >= 0.3 is 0 Å². The molecular formula is C13H14ClFN2O2S. The quantitative estimate of drug-likeness (QED) is 0.882. The Balaban J connectivity index is 2.15. The van der Waals surface area contributed by atoms with Crippen molar-refractivity contribution in [3.05, 3.63) is 47.5 Å². The van der Waals surface area contributed by atoms with E-state index in [2.05, 4.69) is 5.32 Å². The van der Waals surface area contributed by atoms with Crippen LogP contribution < -0.4 is 5.32 Å². The molecule has 0 unspecified atom stereocenters. The van der Waals surface area contributed by atoms with Crippen molar-refractivity contribution in [2.75, 3.05) is 5.32 Å². The van der Waals surface area contributed by atoms with Crippen LogP contribution in [0, 0.1) is 12.7 Å². The lowest BCUT2D eigenvalue weighted by Gasteiger charge is -2.08. The molecule has 0 radical (unpaired) electrons. The molecule has 4 nitrogen and oxygen atoms in total. The van der Waals surface area contributed by atoms with Gasteiger partial charge < -0.3 is 9.88 Å². The Kier molecular flexibility index (Phi) is 4.06. The molecule has 1 N–H and O–H groups in total. The van der Waals surface area contributed by atoms with Gasteiger partial charge in [0.15, 0.2) is 0 Å². The van der Waals surface area contributed by atoms with Crippen LogP contribution in [0.1, 0.15) is 11.3 Å². The van der Waals surface area contributed by atoms with E-state index in [0.717, 1.165) is 11.4 Å². The predicted molar refractivity (Wildman–Crippen MR) is 76.9 cm³/mol. The Morgan fingerprint density at radius 1 is 1.35 bits per heavy atom. The average molecular weight is 317 g/mol. The fraction of sp³-hybridized carbons (Fsp3) is 0.231. The van der Waals surface area contributed by atoms with Crippen molar-refractivity contribution in [3.63, 3.8) is 0 Å². The molecule has 1 aromatic carbocycles. The number of anilines is 1. The van der Waals surface area contributed by atoms with Gasteiger partial charge in [-0.15, -0.1) is 0 Å². The zero-order valence-corrected chi connectivity index (χ0v) is 12.6. The number of nitrogens with zero attached hydrogens (tertiary/aromatic N) is 1. The zero-order valence-electron chi connectivity index (χ0n) is 11.0. The molecule has 0 aliphatic rings. The average Bonchev–Trinajstić information content (AvgIpc) is 2.72. The van der Waals surface area contributed by atoms with Crippen molar-refractivity contribution in [2.24, 2.45) is 7.05 Å². The van der Waals surface area contributed by atoms with Crippen LogP contribution in [-0.2, 0) is 22.6 Å². The molecule has 7 heteroatoms. The van der Waals surface area contributed by atoms with Crippen molar-refractivity contribution in [3.8, 4) is 0 Å². The highest BCUT2D eigenvalue weighted by atomic mass is 35.7. The Bertz CT molecular complexity index is 741. The number of hydrogen-bond acceptors (Lipinski definition) is 3. The molecule has 1 aromatic heterocycles. The summed E-state index contributed by atoms with van der Waals surface area (Å²) in [7, 11) is 3.30. The lowest BCUT2D eigenvalue weighted by atomic mass is 10.2. The molecule has 0 fully saturated rings. The molecule has 108 valence electrons. The molecule has 0 bridgehead atoms. The van der Waals surface area contributed by atoms with Crippen LogP contribution in [0.4, 0.5) is 10.1 Å². The minimum atomic E-state index is -3.73. The molecule has 1 heterocycles. The maximum atomic E-state index is 13.1. The highest BCUT2D eigenvalue weighted by molar-refractivity contribution is 8.13. The van der Waals surface area contributed by atoms with Gasteiger partial charge in [-0.25, -0.2) is 12.8 Å². The summed E-state index contributed by atoms with van der Waals surface area (Å²) >= 11 is 0. The zero-order chi connectivity index (χ0) is 14.9. The highest BCUT2D eigenvalue weighted by Gasteiger charge is 2.14. The van der Waals surface area contributed by atoms with E-state index in [1.54, 1.807) is 30.7 Å². The second kappa shape index (κ2) is 5.46. The summed E-state index contributed by atoms with van der Waals surface area (Å²) in [5.74, 6) is -0.259. The van der Waals surface area contributed by atoms with E-state index in [9.17, 15) is 12.8 Å². The highest BCUT2D eigenvalue weighted by Crippen LogP contribution is 2.19. The minimum Gasteiger partial charge on any atom is -0.379 e. The first-order valence-electron chi connectivity index (χ1n) is 5.87. The monoisotopic (exact) mass is 316 g/mol. The third kappa shape index (κ3) is 3.32. The van der Waals surface area contributed by atoms with Gasteiger partial charge in [0.05, 0.1) is 6.54 Å². The number of benzene rings is 1. The van der Waals surface area contributed by atoms with Crippen LogP contribution in [0.5, 0.6) is 0 Å². The first-order chi connectivity index (χ1) is 9.27. The van der Waals surface area contributed by atoms with Crippen molar-refractivity contribution in [1.82, 2.24) is 4.57 Å². The molecule has 0 spiro atoms. The van der Waals surface area contributed by atoms with Gasteiger partial charge in [-0.1, -0.05) is 0 Å². The molecule has 0 amide bonds. The number of halogens is 2. The van der Waals surface area contributed by atoms with Gasteiger partial charge in [0, 0.05) is 35.3 Å². The lowest BCUT2D eigenvalue weighted by molar-refractivity contribution is 0.609. The van der Waals surface area contributed by atoms with E-state index in [-0.39, 0.29) is 10.7 Å². The van der Waals surface area contributed by atoms with Crippen LogP contribution in [0.3, 0.4) is 0 Å². The van der Waals surface area contributed by atoms with E-state index in [4.69, 9.17) is 10.7 Å². The summed E-state index contributed by atoms with van der Waals surface area (Å²) in [6, 6.07) is 6.21. The summed E-state index contributed by atoms with van der Waals surface area (Å²) in [6.45, 7) is 2.09. The fourth-order valence-electron chi connectivity index (χ4n) is 1.83. The molecule has 0 saturated heterocycles. The molecule has 0 saturated carbocycles. The van der Waals surface area contributed by atoms with E-state index in [0.29, 0.717) is 12.1 Å². The number of aromatic nitrogens is 1. The van der Waals surface area contributed by atoms with Crippen LogP contribution in [-0.4, -0.2) is 13.0 Å². The Morgan fingerprint density at radius 2 is 2.05 bits per heavy atom. The van der Waals surface area contributed by atoms with Gasteiger partial charge in [-0.3, -0.25) is 0 Å². The number of hydrogen-bond donors (Lipinski definition) is 1. The molecule has 0 aliphatic heterocycles. The summed E-state index contributed by atoms with van der Waals surface area (Å²) in [5, 5.41) is 3.11. The van der Waals surface area contributed by atoms with Crippen molar-refractivity contribution in [1.29, 1.82) is 0 Å². The van der Waals surface area contributed by atoms with Gasteiger partial charge in [0.2, 0.25) is 0 Å². The Hall–Kier alpha value is -1.53. The van der Waals surface area contributed by atoms with E-state index in [1.165, 1.54) is 18.3 Å². The second-order valence-corrected chi connectivity index (χ2v) is 7.10. The SMILES string of the molecule is Cc1cc(NCc2cc(S(=O)(=O)Cl)cn2C)ccc1F. The minimum absolute atomic E-state index is 0.0637. The summed E-state index contributed by atoms with van der Waals surface area (Å²) in [4.78, 5) is 0.0637. The molecule has 20 heavy (non-hydrogen) atoms. The van der Waals surface area contributed by atoms with Crippen molar-refractivity contribution < 1.29 is 12.8 Å². The molecule has 0 aliphatic carbocycles. The normalized spacial score (nSPS) is 11.6. The predicted octanol–water partition coefficient (Wildman–Crippen LogP) is 3.01. The summed E-state index contributed by atoms with van der Waals surface area (Å²) in [5.41, 5.74) is 2.07. The standard InChI is InChI=1S/C13H14ClFN2O2S/c1-9-5-10(3-4-13(9)15)16-7-11-6-12(8-17(11)2)20(14,18)19/h3-6,8,16H,7H2,1-2H3. The van der Waals surface area contributed by atoms with Gasteiger partial charge in [0.25, 0.3) is 9.05 Å². The largest absolute Gasteiger partial charge is 0.379 e. The van der Waals surface area contributed by atoms with Gasteiger partial charge in [0.1, 0.15) is 10.7 Å². The third-order valence-corrected chi connectivity index (χ3v) is 4.32. The second-order valence-electron chi connectivity index (χ2n) is 4.53. The van der Waals surface area contributed by atoms with Crippen LogP contribution in [0.2, 0.25) is 0 Å². The number of aryl methyl sites for hydroxylation is 2. The molecular weight excluding hydrogens is 303 g/mol. The maximum absolute atomic E-state index is 13.1. The molecule has 2 rings (SSSR count). The Morgan fingerprint density at radius 3 is 2.60 bits per heavy atom. The van der Waals surface area contributed by atoms with Crippen molar-refractivity contribution in [2.45, 2.75) is 18.4 Å². The van der Waals surface area contributed by atoms with Crippen LogP contribution in [0.25, 0.3) is 0 Å². The molecule has 0 atom stereocenters. The first kappa shape index (κ1) is 14.9. The number of rotatable bonds is 4. The fourth-order valence-corrected chi connectivity index (χ4v) is 2.65. The van der Waals surface area contributed by atoms with Gasteiger partial charge in [-0.05, 0) is 36.8 Å². The maximum Gasteiger partial charge on any atom is 0.262 e. The van der Waals surface area contributed by atoms with Crippen LogP contribution >= 0.6 is 10.7 Å². The topological polar surface area (TPSA) is 51.1 Å². The smallest absolute Gasteiger partial charge is 0.262 e. The van der Waals surface area contributed by atoms with E-state index in [1.807, 2.05) is 0 Å². The lowest BCUT2D eigenvalue weighted by Crippen LogP contribution is -2.04. The van der Waals surface area contributed by atoms with Gasteiger partial charge in [-0.2, -0.15) is 0 Å². The third-order valence-electron chi connectivity index (χ3n) is 3.00. The summed E-state index contributed by atoms with van der Waals surface area (Å²) in [6.07, 6.45) is 1.45. The van der Waals surface area contributed by atoms with E-state index < -0.39 is 9.05 Å². The number of nitrogens with one attached hydrogen (secondary N) is 1. The Labute approximate surface area is 121 Å². The van der Waals surface area contributed by atoms with E-state index >= 15 is 0 Å². The van der Waals surface area contributed by atoms with Crippen molar-refractivity contribution >= 4 is 25.4 Å². The van der Waals surface area contributed by atoms with Crippen LogP contribution in [0.15, 0.2) is 35.4 Å². The molecule has 2 aromatic rings. The first-order valence-corrected chi connectivity index (χ1v) is 8.18. The summed E-state index contributed by atoms with van der Waals surface area (Å²) < 4.78 is 37.3.